The maximum absolute atomic E-state index is 4.21. The Morgan fingerprint density at radius 2 is 1.69 bits per heavy atom. The van der Waals surface area contributed by atoms with E-state index in [1.165, 1.54) is 5.57 Å². The van der Waals surface area contributed by atoms with E-state index in [2.05, 4.69) is 30.5 Å². The fourth-order valence-corrected chi connectivity index (χ4v) is 0.814. The fourth-order valence-electron chi connectivity index (χ4n) is 0.814. The lowest BCUT2D eigenvalue weighted by molar-refractivity contribution is 1.19. The molecule has 0 radical (unpaired) electrons. The summed E-state index contributed by atoms with van der Waals surface area (Å²) in [6.45, 7) is 17.5. The van der Waals surface area contributed by atoms with Gasteiger partial charge in [0.25, 0.3) is 0 Å². The number of rotatable bonds is 2. The molecule has 0 fully saturated rings. The molecule has 1 nitrogen and oxygen atoms in total. The lowest BCUT2D eigenvalue weighted by Crippen LogP contribution is -1.83. The molecule has 13 heavy (non-hydrogen) atoms. The summed E-state index contributed by atoms with van der Waals surface area (Å²) in [5, 5.41) is 0. The molecular weight excluding hydrogens is 158 g/mol. The average Bonchev–Trinajstić information content (AvgIpc) is 2.15. The Balaban J connectivity index is 0. The molecule has 0 spiro atoms. The molecule has 72 valence electrons. The Morgan fingerprint density at radius 3 is 1.92 bits per heavy atom. The average molecular weight is 177 g/mol. The van der Waals surface area contributed by atoms with Gasteiger partial charge in [0.15, 0.2) is 0 Å². The topological polar surface area (TPSA) is 12.4 Å². The fraction of sp³-hybridized carbons (Fsp3) is 0.333. The first-order valence-corrected chi connectivity index (χ1v) is 4.16. The summed E-state index contributed by atoms with van der Waals surface area (Å²) < 4.78 is 0. The number of hydrogen-bond donors (Lipinski definition) is 0. The van der Waals surface area contributed by atoms with Crippen LogP contribution in [0.5, 0.6) is 0 Å². The SMILES string of the molecule is C=C.C=C=C(C)C(N=CC)=C(C)C. The second-order valence-corrected chi connectivity index (χ2v) is 2.54. The minimum atomic E-state index is 0.988. The summed E-state index contributed by atoms with van der Waals surface area (Å²) in [4.78, 5) is 4.21. The maximum Gasteiger partial charge on any atom is 0.0717 e. The van der Waals surface area contributed by atoms with Crippen molar-refractivity contribution in [2.75, 3.05) is 0 Å². The molecule has 0 aromatic heterocycles. The second-order valence-electron chi connectivity index (χ2n) is 2.54. The van der Waals surface area contributed by atoms with Gasteiger partial charge in [-0.25, -0.2) is 0 Å². The van der Waals surface area contributed by atoms with E-state index in [9.17, 15) is 0 Å². The van der Waals surface area contributed by atoms with E-state index in [1.807, 2.05) is 27.7 Å². The molecule has 0 N–H and O–H groups in total. The van der Waals surface area contributed by atoms with E-state index >= 15 is 0 Å². The van der Waals surface area contributed by atoms with E-state index in [-0.39, 0.29) is 0 Å². The van der Waals surface area contributed by atoms with Crippen LogP contribution in [0.15, 0.2) is 47.3 Å². The normalized spacial score (nSPS) is 8.31. The molecule has 0 bridgehead atoms. The quantitative estimate of drug-likeness (QED) is 0.262. The molecule has 0 aromatic rings. The predicted molar refractivity (Wildman–Crippen MR) is 62.1 cm³/mol. The van der Waals surface area contributed by atoms with Gasteiger partial charge in [-0.3, -0.25) is 4.99 Å². The van der Waals surface area contributed by atoms with E-state index in [0.717, 1.165) is 11.3 Å². The van der Waals surface area contributed by atoms with Crippen LogP contribution in [0.2, 0.25) is 0 Å². The third kappa shape index (κ3) is 5.89. The van der Waals surface area contributed by atoms with Gasteiger partial charge in [-0.05, 0) is 33.3 Å². The van der Waals surface area contributed by atoms with Crippen molar-refractivity contribution in [2.24, 2.45) is 4.99 Å². The minimum absolute atomic E-state index is 0.988. The van der Waals surface area contributed by atoms with Crippen molar-refractivity contribution in [2.45, 2.75) is 27.7 Å². The highest BCUT2D eigenvalue weighted by Gasteiger charge is 1.96. The molecule has 0 aliphatic heterocycles. The van der Waals surface area contributed by atoms with Crippen LogP contribution in [0.25, 0.3) is 0 Å². The zero-order valence-corrected chi connectivity index (χ0v) is 9.15. The van der Waals surface area contributed by atoms with Crippen LogP contribution in [-0.4, -0.2) is 6.21 Å². The number of aliphatic imine (C=N–C) groups is 1. The number of allylic oxidation sites excluding steroid dienone is 2. The summed E-state index contributed by atoms with van der Waals surface area (Å²) in [6, 6.07) is 0. The summed E-state index contributed by atoms with van der Waals surface area (Å²) in [5.41, 5.74) is 6.01. The van der Waals surface area contributed by atoms with Crippen molar-refractivity contribution in [3.8, 4) is 0 Å². The Kier molecular flexibility index (Phi) is 9.58. The Hall–Kier alpha value is -1.33. The lowest BCUT2D eigenvalue weighted by atomic mass is 10.1. The third-order valence-corrected chi connectivity index (χ3v) is 1.35. The zero-order chi connectivity index (χ0) is 10.9. The zero-order valence-electron chi connectivity index (χ0n) is 9.15. The van der Waals surface area contributed by atoms with Gasteiger partial charge in [0.1, 0.15) is 0 Å². The summed E-state index contributed by atoms with van der Waals surface area (Å²) >= 11 is 0. The molecule has 0 atom stereocenters. The standard InChI is InChI=1S/C10H15N.C2H4/c1-6-9(5)10(8(3)4)11-7-2;1-2/h7H,1H2,2-5H3;1-2H2. The van der Waals surface area contributed by atoms with Crippen molar-refractivity contribution in [3.63, 3.8) is 0 Å². The van der Waals surface area contributed by atoms with Gasteiger partial charge in [0, 0.05) is 11.8 Å². The van der Waals surface area contributed by atoms with Crippen LogP contribution < -0.4 is 0 Å². The van der Waals surface area contributed by atoms with Crippen LogP contribution >= 0.6 is 0 Å². The molecule has 0 aromatic carbocycles. The molecular formula is C12H19N. The largest absolute Gasteiger partial charge is 0.261 e. The van der Waals surface area contributed by atoms with Gasteiger partial charge in [0.2, 0.25) is 0 Å². The van der Waals surface area contributed by atoms with E-state index in [1.54, 1.807) is 6.21 Å². The van der Waals surface area contributed by atoms with E-state index in [4.69, 9.17) is 0 Å². The first-order valence-electron chi connectivity index (χ1n) is 4.16. The van der Waals surface area contributed by atoms with E-state index < -0.39 is 0 Å². The summed E-state index contributed by atoms with van der Waals surface area (Å²) in [6.07, 6.45) is 1.78. The first kappa shape index (κ1) is 14.2. The molecule has 0 unspecified atom stereocenters. The maximum atomic E-state index is 4.21. The molecule has 0 amide bonds. The third-order valence-electron chi connectivity index (χ3n) is 1.35. The summed E-state index contributed by atoms with van der Waals surface area (Å²) in [7, 11) is 0. The van der Waals surface area contributed by atoms with Gasteiger partial charge < -0.3 is 0 Å². The molecule has 0 aliphatic rings. The van der Waals surface area contributed by atoms with Crippen molar-refractivity contribution >= 4 is 6.21 Å². The Morgan fingerprint density at radius 1 is 1.23 bits per heavy atom. The van der Waals surface area contributed by atoms with Crippen LogP contribution in [0.1, 0.15) is 27.7 Å². The highest BCUT2D eigenvalue weighted by atomic mass is 14.7. The van der Waals surface area contributed by atoms with Crippen LogP contribution in [0.3, 0.4) is 0 Å². The van der Waals surface area contributed by atoms with Crippen molar-refractivity contribution < 1.29 is 0 Å². The first-order chi connectivity index (χ1) is 6.13. The monoisotopic (exact) mass is 177 g/mol. The number of hydrogen-bond acceptors (Lipinski definition) is 1. The van der Waals surface area contributed by atoms with Crippen molar-refractivity contribution in [1.29, 1.82) is 0 Å². The van der Waals surface area contributed by atoms with Gasteiger partial charge >= 0.3 is 0 Å². The Bertz CT molecular complexity index is 246. The lowest BCUT2D eigenvalue weighted by Gasteiger charge is -2.00. The minimum Gasteiger partial charge on any atom is -0.261 e. The van der Waals surface area contributed by atoms with Gasteiger partial charge in [0.05, 0.1) is 5.70 Å². The van der Waals surface area contributed by atoms with Gasteiger partial charge in [-0.2, -0.15) is 0 Å². The van der Waals surface area contributed by atoms with Crippen molar-refractivity contribution in [3.05, 3.63) is 42.3 Å². The predicted octanol–water partition coefficient (Wildman–Crippen LogP) is 3.90. The number of nitrogens with zero attached hydrogens (tertiary/aromatic N) is 1. The van der Waals surface area contributed by atoms with Crippen LogP contribution in [0, 0.1) is 0 Å². The second kappa shape index (κ2) is 8.76. The molecule has 0 rings (SSSR count). The molecule has 0 heterocycles. The van der Waals surface area contributed by atoms with Gasteiger partial charge in [-0.15, -0.1) is 18.9 Å². The molecule has 1 heteroatoms. The highest BCUT2D eigenvalue weighted by molar-refractivity contribution is 5.57. The van der Waals surface area contributed by atoms with E-state index in [0.29, 0.717) is 0 Å². The van der Waals surface area contributed by atoms with Crippen molar-refractivity contribution in [1.82, 2.24) is 0 Å². The highest BCUT2D eigenvalue weighted by Crippen LogP contribution is 2.13. The van der Waals surface area contributed by atoms with Gasteiger partial charge in [-0.1, -0.05) is 6.58 Å². The molecule has 0 aliphatic carbocycles. The molecule has 0 saturated carbocycles. The molecule has 0 saturated heterocycles. The van der Waals surface area contributed by atoms with Crippen LogP contribution in [-0.2, 0) is 0 Å². The smallest absolute Gasteiger partial charge is 0.0717 e. The van der Waals surface area contributed by atoms with Crippen LogP contribution in [0.4, 0.5) is 0 Å². The Labute approximate surface area is 81.9 Å². The summed E-state index contributed by atoms with van der Waals surface area (Å²) in [5.74, 6) is 0.